The Morgan fingerprint density at radius 3 is 2.75 bits per heavy atom. The molecule has 1 fully saturated rings. The quantitative estimate of drug-likeness (QED) is 0.891. The Bertz CT molecular complexity index is 467. The van der Waals surface area contributed by atoms with Crippen LogP contribution in [0.2, 0.25) is 0 Å². The predicted molar refractivity (Wildman–Crippen MR) is 78.9 cm³/mol. The van der Waals surface area contributed by atoms with Crippen LogP contribution < -0.4 is 5.32 Å². The van der Waals surface area contributed by atoms with Crippen molar-refractivity contribution in [1.29, 1.82) is 0 Å². The molecule has 1 aromatic rings. The summed E-state index contributed by atoms with van der Waals surface area (Å²) < 4.78 is 3.91. The zero-order valence-corrected chi connectivity index (χ0v) is 13.2. The summed E-state index contributed by atoms with van der Waals surface area (Å²) >= 11 is 1.15. The van der Waals surface area contributed by atoms with Crippen LogP contribution in [0, 0.1) is 11.8 Å². The van der Waals surface area contributed by atoms with Crippen LogP contribution in [0.1, 0.15) is 55.4 Å². The van der Waals surface area contributed by atoms with Crippen molar-refractivity contribution in [2.75, 3.05) is 13.2 Å². The Hall–Kier alpha value is -1.01. The normalized spacial score (nSPS) is 23.0. The van der Waals surface area contributed by atoms with Gasteiger partial charge in [0.25, 0.3) is 5.91 Å². The van der Waals surface area contributed by atoms with Gasteiger partial charge in [0.15, 0.2) is 0 Å². The van der Waals surface area contributed by atoms with Crippen molar-refractivity contribution in [2.24, 2.45) is 11.8 Å². The molecule has 0 saturated heterocycles. The molecule has 1 aliphatic carbocycles. The van der Waals surface area contributed by atoms with Crippen LogP contribution in [0.15, 0.2) is 0 Å². The van der Waals surface area contributed by atoms with E-state index < -0.39 is 0 Å². The van der Waals surface area contributed by atoms with Crippen LogP contribution in [-0.2, 0) is 5.41 Å². The molecule has 1 heterocycles. The first-order chi connectivity index (χ1) is 9.43. The maximum Gasteiger partial charge on any atom is 0.264 e. The van der Waals surface area contributed by atoms with Gasteiger partial charge in [-0.3, -0.25) is 4.79 Å². The summed E-state index contributed by atoms with van der Waals surface area (Å²) in [5.74, 6) is 0.633. The molecule has 1 saturated carbocycles. The highest BCUT2D eigenvalue weighted by Gasteiger charge is 2.29. The molecule has 2 rings (SSSR count). The second-order valence-corrected chi connectivity index (χ2v) is 7.30. The number of aromatic nitrogens is 2. The van der Waals surface area contributed by atoms with Gasteiger partial charge in [-0.05, 0) is 36.2 Å². The smallest absolute Gasteiger partial charge is 0.264 e. The van der Waals surface area contributed by atoms with E-state index in [1.54, 1.807) is 0 Å². The molecule has 1 aliphatic rings. The number of rotatable bonds is 4. The first-order valence-corrected chi connectivity index (χ1v) is 7.92. The lowest BCUT2D eigenvalue weighted by molar-refractivity contribution is 0.0939. The maximum absolute atomic E-state index is 12.3. The van der Waals surface area contributed by atoms with Gasteiger partial charge in [0, 0.05) is 18.6 Å². The average molecular weight is 297 g/mol. The summed E-state index contributed by atoms with van der Waals surface area (Å²) in [7, 11) is 0. The van der Waals surface area contributed by atoms with E-state index in [9.17, 15) is 9.90 Å². The first kappa shape index (κ1) is 15.4. The SMILES string of the molecule is CC(C)(C)c1nnsc1C(=O)NCC1CCCC1CO. The lowest BCUT2D eigenvalue weighted by atomic mass is 9.91. The van der Waals surface area contributed by atoms with E-state index >= 15 is 0 Å². The van der Waals surface area contributed by atoms with E-state index in [0.29, 0.717) is 23.3 Å². The van der Waals surface area contributed by atoms with Crippen molar-refractivity contribution < 1.29 is 9.90 Å². The second kappa shape index (κ2) is 6.18. The number of carbonyl (C=O) groups excluding carboxylic acids is 1. The van der Waals surface area contributed by atoms with E-state index in [-0.39, 0.29) is 17.9 Å². The van der Waals surface area contributed by atoms with Gasteiger partial charge in [0.05, 0.1) is 5.69 Å². The van der Waals surface area contributed by atoms with Crippen molar-refractivity contribution in [3.63, 3.8) is 0 Å². The van der Waals surface area contributed by atoms with Gasteiger partial charge in [-0.25, -0.2) is 0 Å². The van der Waals surface area contributed by atoms with Gasteiger partial charge in [0.1, 0.15) is 4.88 Å². The van der Waals surface area contributed by atoms with E-state index in [0.717, 1.165) is 36.5 Å². The van der Waals surface area contributed by atoms with Crippen LogP contribution >= 0.6 is 11.5 Å². The van der Waals surface area contributed by atoms with Gasteiger partial charge < -0.3 is 10.4 Å². The third kappa shape index (κ3) is 3.35. The lowest BCUT2D eigenvalue weighted by Gasteiger charge is -2.19. The fourth-order valence-electron chi connectivity index (χ4n) is 2.76. The summed E-state index contributed by atoms with van der Waals surface area (Å²) in [6.45, 7) is 6.93. The molecule has 1 aromatic heterocycles. The van der Waals surface area contributed by atoms with Crippen molar-refractivity contribution in [1.82, 2.24) is 14.9 Å². The molecule has 6 heteroatoms. The standard InChI is InChI=1S/C14H23N3O2S/c1-14(2,3)12-11(20-17-16-12)13(19)15-7-9-5-4-6-10(9)8-18/h9-10,18H,4-8H2,1-3H3,(H,15,19). The average Bonchev–Trinajstić information content (AvgIpc) is 3.03. The summed E-state index contributed by atoms with van der Waals surface area (Å²) in [5.41, 5.74) is 0.575. The van der Waals surface area contributed by atoms with Gasteiger partial charge in [-0.2, -0.15) is 0 Å². The van der Waals surface area contributed by atoms with Gasteiger partial charge in [0.2, 0.25) is 0 Å². The molecule has 2 unspecified atom stereocenters. The monoisotopic (exact) mass is 297 g/mol. The predicted octanol–water partition coefficient (Wildman–Crippen LogP) is 1.97. The molecule has 2 atom stereocenters. The van der Waals surface area contributed by atoms with E-state index in [1.807, 2.05) is 20.8 Å². The van der Waals surface area contributed by atoms with Crippen LogP contribution in [-0.4, -0.2) is 33.8 Å². The summed E-state index contributed by atoms with van der Waals surface area (Å²) in [6, 6.07) is 0. The second-order valence-electron chi connectivity index (χ2n) is 6.54. The summed E-state index contributed by atoms with van der Waals surface area (Å²) in [5, 5.41) is 16.4. The number of aliphatic hydroxyl groups excluding tert-OH is 1. The number of nitrogens with one attached hydrogen (secondary N) is 1. The molecular weight excluding hydrogens is 274 g/mol. The van der Waals surface area contributed by atoms with Gasteiger partial charge in [-0.15, -0.1) is 5.10 Å². The van der Waals surface area contributed by atoms with Crippen LogP contribution in [0.4, 0.5) is 0 Å². The van der Waals surface area contributed by atoms with Crippen molar-refractivity contribution >= 4 is 17.4 Å². The minimum Gasteiger partial charge on any atom is -0.396 e. The molecule has 0 bridgehead atoms. The van der Waals surface area contributed by atoms with Crippen LogP contribution in [0.5, 0.6) is 0 Å². The number of hydrogen-bond donors (Lipinski definition) is 2. The Labute approximate surface area is 123 Å². The maximum atomic E-state index is 12.3. The fraction of sp³-hybridized carbons (Fsp3) is 0.786. The minimum atomic E-state index is -0.180. The van der Waals surface area contributed by atoms with E-state index in [2.05, 4.69) is 14.9 Å². The van der Waals surface area contributed by atoms with Crippen LogP contribution in [0.25, 0.3) is 0 Å². The summed E-state index contributed by atoms with van der Waals surface area (Å²) in [6.07, 6.45) is 3.28. The fourth-order valence-corrected chi connectivity index (χ4v) is 3.55. The van der Waals surface area contributed by atoms with Crippen molar-refractivity contribution in [3.8, 4) is 0 Å². The summed E-state index contributed by atoms with van der Waals surface area (Å²) in [4.78, 5) is 12.9. The Balaban J connectivity index is 1.97. The Morgan fingerprint density at radius 1 is 1.40 bits per heavy atom. The van der Waals surface area contributed by atoms with Crippen LogP contribution in [0.3, 0.4) is 0 Å². The molecule has 1 amide bonds. The van der Waals surface area contributed by atoms with Crippen molar-refractivity contribution in [2.45, 2.75) is 45.4 Å². The molecule has 0 radical (unpaired) electrons. The zero-order chi connectivity index (χ0) is 14.8. The molecule has 5 nitrogen and oxygen atoms in total. The highest BCUT2D eigenvalue weighted by Crippen LogP contribution is 2.31. The molecular formula is C14H23N3O2S. The molecule has 0 aliphatic heterocycles. The Morgan fingerprint density at radius 2 is 2.10 bits per heavy atom. The van der Waals surface area contributed by atoms with E-state index in [1.165, 1.54) is 0 Å². The lowest BCUT2D eigenvalue weighted by Crippen LogP contribution is -2.32. The highest BCUT2D eigenvalue weighted by molar-refractivity contribution is 7.08. The number of aliphatic hydroxyl groups is 1. The third-order valence-electron chi connectivity index (χ3n) is 3.98. The molecule has 0 aromatic carbocycles. The molecule has 2 N–H and O–H groups in total. The molecule has 112 valence electrons. The number of amides is 1. The number of nitrogens with zero attached hydrogens (tertiary/aromatic N) is 2. The van der Waals surface area contributed by atoms with Gasteiger partial charge in [-0.1, -0.05) is 31.7 Å². The third-order valence-corrected chi connectivity index (χ3v) is 4.71. The Kier molecular flexibility index (Phi) is 4.75. The number of hydrogen-bond acceptors (Lipinski definition) is 5. The zero-order valence-electron chi connectivity index (χ0n) is 12.3. The van der Waals surface area contributed by atoms with Crippen molar-refractivity contribution in [3.05, 3.63) is 10.6 Å². The topological polar surface area (TPSA) is 75.1 Å². The molecule has 0 spiro atoms. The largest absolute Gasteiger partial charge is 0.396 e. The van der Waals surface area contributed by atoms with E-state index in [4.69, 9.17) is 0 Å². The molecule has 20 heavy (non-hydrogen) atoms. The highest BCUT2D eigenvalue weighted by atomic mass is 32.1. The number of carbonyl (C=O) groups is 1. The first-order valence-electron chi connectivity index (χ1n) is 7.15. The van der Waals surface area contributed by atoms with Gasteiger partial charge >= 0.3 is 0 Å². The minimum absolute atomic E-state index is 0.0893.